The minimum absolute atomic E-state index is 0.0382. The van der Waals surface area contributed by atoms with Gasteiger partial charge >= 0.3 is 5.97 Å². The third kappa shape index (κ3) is 1.97. The summed E-state index contributed by atoms with van der Waals surface area (Å²) in [6.45, 7) is 4.67. The number of carboxylic acids is 1. The Kier molecular flexibility index (Phi) is 3.33. The molecule has 1 aromatic carbocycles. The van der Waals surface area contributed by atoms with Gasteiger partial charge in [-0.25, -0.2) is 13.6 Å². The van der Waals surface area contributed by atoms with Crippen LogP contribution in [-0.4, -0.2) is 15.6 Å². The molecule has 20 heavy (non-hydrogen) atoms. The van der Waals surface area contributed by atoms with Gasteiger partial charge in [0.25, 0.3) is 0 Å². The molecule has 0 fully saturated rings. The van der Waals surface area contributed by atoms with E-state index in [0.717, 1.165) is 6.07 Å². The van der Waals surface area contributed by atoms with Crippen LogP contribution in [0.1, 0.15) is 35.9 Å². The Hall–Kier alpha value is -2.24. The molecule has 0 aliphatic heterocycles. The topological polar surface area (TPSA) is 59.3 Å². The van der Waals surface area contributed by atoms with Crippen molar-refractivity contribution in [3.05, 3.63) is 45.2 Å². The molecule has 2 aromatic rings. The van der Waals surface area contributed by atoms with Crippen molar-refractivity contribution < 1.29 is 18.7 Å². The molecule has 0 saturated heterocycles. The molecular weight excluding hydrogens is 268 g/mol. The Morgan fingerprint density at radius 2 is 1.90 bits per heavy atom. The molecule has 2 rings (SSSR count). The molecule has 0 unspecified atom stereocenters. The van der Waals surface area contributed by atoms with Crippen molar-refractivity contribution in [3.63, 3.8) is 0 Å². The summed E-state index contributed by atoms with van der Waals surface area (Å²) >= 11 is 0. The molecule has 106 valence electrons. The third-order valence-electron chi connectivity index (χ3n) is 3.17. The molecule has 0 saturated carbocycles. The Bertz CT molecular complexity index is 778. The van der Waals surface area contributed by atoms with Crippen LogP contribution >= 0.6 is 0 Å². The van der Waals surface area contributed by atoms with E-state index in [1.54, 1.807) is 13.8 Å². The number of benzene rings is 1. The van der Waals surface area contributed by atoms with E-state index in [9.17, 15) is 23.5 Å². The number of aromatic carboxylic acids is 1. The van der Waals surface area contributed by atoms with Crippen molar-refractivity contribution in [1.29, 1.82) is 0 Å². The summed E-state index contributed by atoms with van der Waals surface area (Å²) in [5, 5.41) is 9.11. The average Bonchev–Trinajstić information content (AvgIpc) is 2.32. The largest absolute Gasteiger partial charge is 0.477 e. The molecule has 6 heteroatoms. The molecule has 1 heterocycles. The zero-order valence-electron chi connectivity index (χ0n) is 11.2. The van der Waals surface area contributed by atoms with E-state index in [-0.39, 0.29) is 22.2 Å². The number of hydrogen-bond donors (Lipinski definition) is 1. The lowest BCUT2D eigenvalue weighted by Crippen LogP contribution is -2.24. The summed E-state index contributed by atoms with van der Waals surface area (Å²) in [5.41, 5.74) is -1.17. The molecule has 4 nitrogen and oxygen atoms in total. The van der Waals surface area contributed by atoms with Crippen LogP contribution in [0.25, 0.3) is 10.9 Å². The van der Waals surface area contributed by atoms with Gasteiger partial charge in [0.2, 0.25) is 0 Å². The molecule has 0 amide bonds. The lowest BCUT2D eigenvalue weighted by molar-refractivity contribution is 0.0682. The highest BCUT2D eigenvalue weighted by atomic mass is 19.1. The van der Waals surface area contributed by atoms with Crippen LogP contribution in [0.5, 0.6) is 0 Å². The van der Waals surface area contributed by atoms with E-state index >= 15 is 0 Å². The highest BCUT2D eigenvalue weighted by molar-refractivity contribution is 5.92. The number of nitrogens with zero attached hydrogens (tertiary/aromatic N) is 1. The second kappa shape index (κ2) is 4.70. The molecule has 0 aliphatic carbocycles. The van der Waals surface area contributed by atoms with Gasteiger partial charge in [0.05, 0.1) is 10.9 Å². The summed E-state index contributed by atoms with van der Waals surface area (Å²) in [5.74, 6) is -3.14. The van der Waals surface area contributed by atoms with Crippen molar-refractivity contribution in [3.8, 4) is 0 Å². The van der Waals surface area contributed by atoms with Gasteiger partial charge in [-0.1, -0.05) is 0 Å². The van der Waals surface area contributed by atoms with E-state index in [1.165, 1.54) is 11.5 Å². The van der Waals surface area contributed by atoms with Gasteiger partial charge in [-0.15, -0.1) is 0 Å². The molecule has 0 spiro atoms. The Morgan fingerprint density at radius 3 is 2.40 bits per heavy atom. The Balaban J connectivity index is 3.18. The molecule has 0 radical (unpaired) electrons. The van der Waals surface area contributed by atoms with Gasteiger partial charge in [-0.05, 0) is 26.8 Å². The predicted molar refractivity (Wildman–Crippen MR) is 70.2 cm³/mol. The monoisotopic (exact) mass is 281 g/mol. The number of carbonyl (C=O) groups is 1. The number of halogens is 2. The smallest absolute Gasteiger partial charge is 0.352 e. The van der Waals surface area contributed by atoms with Gasteiger partial charge in [0, 0.05) is 17.7 Å². The van der Waals surface area contributed by atoms with Crippen molar-refractivity contribution in [2.24, 2.45) is 0 Å². The lowest BCUT2D eigenvalue weighted by atomic mass is 10.1. The Labute approximate surface area is 113 Å². The number of hydrogen-bond acceptors (Lipinski definition) is 2. The normalized spacial score (nSPS) is 11.3. The molecule has 0 atom stereocenters. The van der Waals surface area contributed by atoms with Crippen molar-refractivity contribution >= 4 is 16.9 Å². The van der Waals surface area contributed by atoms with E-state index in [0.29, 0.717) is 6.07 Å². The third-order valence-corrected chi connectivity index (χ3v) is 3.17. The van der Waals surface area contributed by atoms with Gasteiger partial charge in [-0.3, -0.25) is 4.79 Å². The van der Waals surface area contributed by atoms with Gasteiger partial charge in [0.15, 0.2) is 11.2 Å². The van der Waals surface area contributed by atoms with Crippen molar-refractivity contribution in [1.82, 2.24) is 4.57 Å². The molecule has 1 N–H and O–H groups in total. The predicted octanol–water partition coefficient (Wildman–Crippen LogP) is 2.87. The molecular formula is C14H13F2NO3. The van der Waals surface area contributed by atoms with Crippen LogP contribution in [0.4, 0.5) is 8.78 Å². The van der Waals surface area contributed by atoms with Crippen LogP contribution in [-0.2, 0) is 0 Å². The molecule has 0 aliphatic rings. The van der Waals surface area contributed by atoms with Crippen LogP contribution in [0.3, 0.4) is 0 Å². The van der Waals surface area contributed by atoms with Crippen LogP contribution in [0, 0.1) is 18.6 Å². The second-order valence-corrected chi connectivity index (χ2v) is 4.86. The van der Waals surface area contributed by atoms with E-state index in [2.05, 4.69) is 0 Å². The Morgan fingerprint density at radius 1 is 1.30 bits per heavy atom. The van der Waals surface area contributed by atoms with Crippen molar-refractivity contribution in [2.75, 3.05) is 0 Å². The van der Waals surface area contributed by atoms with E-state index < -0.39 is 29.1 Å². The fourth-order valence-electron chi connectivity index (χ4n) is 2.37. The van der Waals surface area contributed by atoms with Crippen LogP contribution < -0.4 is 5.43 Å². The highest BCUT2D eigenvalue weighted by Crippen LogP contribution is 2.24. The number of pyridine rings is 1. The first kappa shape index (κ1) is 14.2. The number of fused-ring (bicyclic) bond motifs is 1. The summed E-state index contributed by atoms with van der Waals surface area (Å²) in [7, 11) is 0. The first-order chi connectivity index (χ1) is 9.25. The zero-order chi connectivity index (χ0) is 15.2. The SMILES string of the molecule is Cc1c(C(=O)O)n(C(C)C)c2c(F)cc(F)cc2c1=O. The van der Waals surface area contributed by atoms with Crippen LogP contribution in [0.15, 0.2) is 16.9 Å². The first-order valence-corrected chi connectivity index (χ1v) is 6.02. The average molecular weight is 281 g/mol. The lowest BCUT2D eigenvalue weighted by Gasteiger charge is -2.20. The fraction of sp³-hybridized carbons (Fsp3) is 0.286. The van der Waals surface area contributed by atoms with Crippen molar-refractivity contribution in [2.45, 2.75) is 26.8 Å². The minimum atomic E-state index is -1.32. The molecule has 1 aromatic heterocycles. The maximum atomic E-state index is 14.0. The first-order valence-electron chi connectivity index (χ1n) is 6.02. The maximum Gasteiger partial charge on any atom is 0.352 e. The zero-order valence-corrected chi connectivity index (χ0v) is 11.2. The number of carboxylic acid groups (broad SMARTS) is 1. The van der Waals surface area contributed by atoms with Gasteiger partial charge in [-0.2, -0.15) is 0 Å². The van der Waals surface area contributed by atoms with Gasteiger partial charge < -0.3 is 9.67 Å². The summed E-state index contributed by atoms with van der Waals surface area (Å²) < 4.78 is 28.5. The minimum Gasteiger partial charge on any atom is -0.477 e. The summed E-state index contributed by atoms with van der Waals surface area (Å²) in [6.07, 6.45) is 0. The van der Waals surface area contributed by atoms with E-state index in [1.807, 2.05) is 0 Å². The number of rotatable bonds is 2. The van der Waals surface area contributed by atoms with Crippen LogP contribution in [0.2, 0.25) is 0 Å². The van der Waals surface area contributed by atoms with E-state index in [4.69, 9.17) is 0 Å². The molecule has 0 bridgehead atoms. The highest BCUT2D eigenvalue weighted by Gasteiger charge is 2.23. The van der Waals surface area contributed by atoms with Gasteiger partial charge in [0.1, 0.15) is 11.5 Å². The quantitative estimate of drug-likeness (QED) is 0.920. The fourth-order valence-corrected chi connectivity index (χ4v) is 2.37. The number of aromatic nitrogens is 1. The summed E-state index contributed by atoms with van der Waals surface area (Å²) in [6, 6.07) is 1.17. The standard InChI is InChI=1S/C14H13F2NO3/c1-6(2)17-11(14(19)20)7(3)13(18)9-4-8(15)5-10(16)12(9)17/h4-6H,1-3H3,(H,19,20). The second-order valence-electron chi connectivity index (χ2n) is 4.86. The maximum absolute atomic E-state index is 14.0. The summed E-state index contributed by atoms with van der Waals surface area (Å²) in [4.78, 5) is 23.5.